The maximum absolute atomic E-state index is 5.59. The van der Waals surface area contributed by atoms with Crippen LogP contribution in [0.3, 0.4) is 0 Å². The molecule has 0 aliphatic carbocycles. The van der Waals surface area contributed by atoms with Gasteiger partial charge in [-0.2, -0.15) is 0 Å². The monoisotopic (exact) mass is 312 g/mol. The van der Waals surface area contributed by atoms with Crippen molar-refractivity contribution in [1.82, 2.24) is 4.90 Å². The van der Waals surface area contributed by atoms with Crippen molar-refractivity contribution in [2.75, 3.05) is 26.2 Å². The topological polar surface area (TPSA) is 38.5 Å². The van der Waals surface area contributed by atoms with E-state index < -0.39 is 0 Å². The molecule has 3 nitrogen and oxygen atoms in total. The summed E-state index contributed by atoms with van der Waals surface area (Å²) in [6.45, 7) is 4.56. The van der Waals surface area contributed by atoms with Crippen molar-refractivity contribution in [1.29, 1.82) is 0 Å². The molecule has 1 heterocycles. The van der Waals surface area contributed by atoms with Gasteiger partial charge >= 0.3 is 0 Å². The van der Waals surface area contributed by atoms with Crippen molar-refractivity contribution >= 4 is 15.9 Å². The second kappa shape index (κ2) is 7.12. The Morgan fingerprint density at radius 2 is 1.94 bits per heavy atom. The van der Waals surface area contributed by atoms with Crippen molar-refractivity contribution < 1.29 is 4.74 Å². The van der Waals surface area contributed by atoms with Crippen molar-refractivity contribution in [3.05, 3.63) is 28.2 Å². The number of nitrogens with two attached hydrogens (primary N) is 1. The van der Waals surface area contributed by atoms with Crippen molar-refractivity contribution in [3.63, 3.8) is 0 Å². The summed E-state index contributed by atoms with van der Waals surface area (Å²) in [6, 6.07) is 6.29. The normalized spacial score (nSPS) is 16.8. The van der Waals surface area contributed by atoms with Crippen LogP contribution in [0.5, 0.6) is 5.75 Å². The minimum Gasteiger partial charge on any atom is -0.492 e. The molecular weight excluding hydrogens is 292 g/mol. The molecule has 1 aliphatic rings. The van der Waals surface area contributed by atoms with Gasteiger partial charge in [0.1, 0.15) is 12.4 Å². The number of piperidine rings is 1. The summed E-state index contributed by atoms with van der Waals surface area (Å²) >= 11 is 3.54. The number of hydrogen-bond donors (Lipinski definition) is 1. The molecule has 0 atom stereocenters. The van der Waals surface area contributed by atoms with E-state index in [0.717, 1.165) is 16.8 Å². The molecular formula is C14H21BrN2O. The lowest BCUT2D eigenvalue weighted by atomic mass is 10.1. The molecule has 1 aromatic carbocycles. The molecule has 0 bridgehead atoms. The average molecular weight is 313 g/mol. The maximum Gasteiger partial charge on any atom is 0.120 e. The average Bonchev–Trinajstić information content (AvgIpc) is 2.37. The van der Waals surface area contributed by atoms with Gasteiger partial charge in [-0.1, -0.05) is 22.4 Å². The van der Waals surface area contributed by atoms with Crippen LogP contribution in [0, 0.1) is 0 Å². The fraction of sp³-hybridized carbons (Fsp3) is 0.571. The standard InChI is InChI=1S/C14H21BrN2O/c15-13-8-12(9-14(10-13)18-7-4-16)11-17-5-2-1-3-6-17/h8-10H,1-7,11,16H2. The Kier molecular flexibility index (Phi) is 5.47. The van der Waals surface area contributed by atoms with Crippen LogP contribution < -0.4 is 10.5 Å². The summed E-state index contributed by atoms with van der Waals surface area (Å²) in [5.74, 6) is 0.904. The zero-order valence-corrected chi connectivity index (χ0v) is 12.3. The van der Waals surface area contributed by atoms with Crippen LogP contribution in [0.2, 0.25) is 0 Å². The Morgan fingerprint density at radius 3 is 2.67 bits per heavy atom. The third kappa shape index (κ3) is 4.26. The summed E-state index contributed by atoms with van der Waals surface area (Å²) in [6.07, 6.45) is 4.02. The fourth-order valence-corrected chi connectivity index (χ4v) is 2.87. The SMILES string of the molecule is NCCOc1cc(Br)cc(CN2CCCCC2)c1. The largest absolute Gasteiger partial charge is 0.492 e. The van der Waals surface area contributed by atoms with Crippen molar-refractivity contribution in [3.8, 4) is 5.75 Å². The predicted molar refractivity (Wildman–Crippen MR) is 77.8 cm³/mol. The summed E-state index contributed by atoms with van der Waals surface area (Å²) in [5.41, 5.74) is 6.76. The number of ether oxygens (including phenoxy) is 1. The van der Waals surface area contributed by atoms with E-state index in [4.69, 9.17) is 10.5 Å². The highest BCUT2D eigenvalue weighted by Gasteiger charge is 2.11. The quantitative estimate of drug-likeness (QED) is 0.908. The van der Waals surface area contributed by atoms with E-state index in [0.29, 0.717) is 13.2 Å². The van der Waals surface area contributed by atoms with E-state index in [2.05, 4.69) is 33.0 Å². The first-order valence-corrected chi connectivity index (χ1v) is 7.42. The first kappa shape index (κ1) is 13.8. The number of likely N-dealkylation sites (tertiary alicyclic amines) is 1. The Hall–Kier alpha value is -0.580. The van der Waals surface area contributed by atoms with Crippen LogP contribution in [0.25, 0.3) is 0 Å². The highest BCUT2D eigenvalue weighted by Crippen LogP contribution is 2.23. The number of hydrogen-bond acceptors (Lipinski definition) is 3. The van der Waals surface area contributed by atoms with Gasteiger partial charge in [0.25, 0.3) is 0 Å². The lowest BCUT2D eigenvalue weighted by Crippen LogP contribution is -2.29. The molecule has 100 valence electrons. The second-order valence-corrected chi connectivity index (χ2v) is 5.68. The first-order chi connectivity index (χ1) is 8.78. The Bertz CT molecular complexity index is 378. The van der Waals surface area contributed by atoms with Gasteiger partial charge in [0.05, 0.1) is 0 Å². The second-order valence-electron chi connectivity index (χ2n) is 4.77. The molecule has 1 aromatic rings. The molecule has 4 heteroatoms. The highest BCUT2D eigenvalue weighted by molar-refractivity contribution is 9.10. The van der Waals surface area contributed by atoms with Gasteiger partial charge in [-0.05, 0) is 49.7 Å². The summed E-state index contributed by atoms with van der Waals surface area (Å²) in [4.78, 5) is 2.51. The summed E-state index contributed by atoms with van der Waals surface area (Å²) in [5, 5.41) is 0. The molecule has 1 saturated heterocycles. The molecule has 0 unspecified atom stereocenters. The van der Waals surface area contributed by atoms with Crippen molar-refractivity contribution in [2.24, 2.45) is 5.73 Å². The molecule has 0 spiro atoms. The summed E-state index contributed by atoms with van der Waals surface area (Å²) in [7, 11) is 0. The van der Waals surface area contributed by atoms with Gasteiger partial charge in [0.2, 0.25) is 0 Å². The maximum atomic E-state index is 5.59. The van der Waals surface area contributed by atoms with Gasteiger partial charge in [-0.15, -0.1) is 0 Å². The molecule has 0 aromatic heterocycles. The Balaban J connectivity index is 1.99. The summed E-state index contributed by atoms with van der Waals surface area (Å²) < 4.78 is 6.67. The number of benzene rings is 1. The van der Waals surface area contributed by atoms with E-state index >= 15 is 0 Å². The minimum atomic E-state index is 0.550. The van der Waals surface area contributed by atoms with E-state index in [-0.39, 0.29) is 0 Å². The zero-order valence-electron chi connectivity index (χ0n) is 10.7. The number of halogens is 1. The Morgan fingerprint density at radius 1 is 1.17 bits per heavy atom. The van der Waals surface area contributed by atoms with Gasteiger partial charge in [0, 0.05) is 17.6 Å². The van der Waals surface area contributed by atoms with E-state index in [1.807, 2.05) is 6.07 Å². The minimum absolute atomic E-state index is 0.550. The third-order valence-corrected chi connectivity index (χ3v) is 3.63. The van der Waals surface area contributed by atoms with Crippen LogP contribution in [-0.4, -0.2) is 31.1 Å². The zero-order chi connectivity index (χ0) is 12.8. The van der Waals surface area contributed by atoms with Crippen LogP contribution >= 0.6 is 15.9 Å². The molecule has 1 aliphatic heterocycles. The smallest absolute Gasteiger partial charge is 0.120 e. The third-order valence-electron chi connectivity index (χ3n) is 3.17. The van der Waals surface area contributed by atoms with Crippen LogP contribution in [0.1, 0.15) is 24.8 Å². The highest BCUT2D eigenvalue weighted by atomic mass is 79.9. The van der Waals surface area contributed by atoms with E-state index in [1.165, 1.54) is 37.9 Å². The van der Waals surface area contributed by atoms with Crippen LogP contribution in [0.4, 0.5) is 0 Å². The molecule has 2 rings (SSSR count). The Labute approximate surface area is 117 Å². The van der Waals surface area contributed by atoms with E-state index in [9.17, 15) is 0 Å². The molecule has 2 N–H and O–H groups in total. The molecule has 1 fully saturated rings. The molecule has 0 saturated carbocycles. The lowest BCUT2D eigenvalue weighted by Gasteiger charge is -2.26. The molecule has 0 amide bonds. The predicted octanol–water partition coefficient (Wildman–Crippen LogP) is 2.77. The van der Waals surface area contributed by atoms with Gasteiger partial charge in [0.15, 0.2) is 0 Å². The molecule has 0 radical (unpaired) electrons. The lowest BCUT2D eigenvalue weighted by molar-refractivity contribution is 0.220. The van der Waals surface area contributed by atoms with Crippen molar-refractivity contribution in [2.45, 2.75) is 25.8 Å². The van der Waals surface area contributed by atoms with Crippen LogP contribution in [0.15, 0.2) is 22.7 Å². The fourth-order valence-electron chi connectivity index (χ4n) is 2.35. The van der Waals surface area contributed by atoms with Gasteiger partial charge in [-0.3, -0.25) is 4.90 Å². The van der Waals surface area contributed by atoms with Gasteiger partial charge in [-0.25, -0.2) is 0 Å². The molecule has 18 heavy (non-hydrogen) atoms. The van der Waals surface area contributed by atoms with E-state index in [1.54, 1.807) is 0 Å². The first-order valence-electron chi connectivity index (χ1n) is 6.62. The van der Waals surface area contributed by atoms with Gasteiger partial charge < -0.3 is 10.5 Å². The number of nitrogens with zero attached hydrogens (tertiary/aromatic N) is 1. The number of rotatable bonds is 5. The van der Waals surface area contributed by atoms with Crippen LogP contribution in [-0.2, 0) is 6.54 Å².